The molecule has 3 aromatic rings. The predicted octanol–water partition coefficient (Wildman–Crippen LogP) is 4.35. The van der Waals surface area contributed by atoms with Crippen LogP contribution in [0.2, 0.25) is 0 Å². The summed E-state index contributed by atoms with van der Waals surface area (Å²) < 4.78 is 46.6. The van der Waals surface area contributed by atoms with E-state index in [0.717, 1.165) is 36.1 Å². The maximum Gasteiger partial charge on any atom is 0.255 e. The molecule has 1 amide bonds. The minimum absolute atomic E-state index is 0.119. The molecule has 1 spiro atoms. The molecule has 1 atom stereocenters. The Bertz CT molecular complexity index is 1510. The Hall–Kier alpha value is -4.29. The second-order valence-electron chi connectivity index (χ2n) is 10.7. The summed E-state index contributed by atoms with van der Waals surface area (Å²) in [5, 5.41) is 9.56. The lowest BCUT2D eigenvalue weighted by Gasteiger charge is -2.37. The Morgan fingerprint density at radius 1 is 1.19 bits per heavy atom. The Morgan fingerprint density at radius 3 is 2.60 bits per heavy atom. The fraction of sp³-hybridized carbons (Fsp3) is 0.367. The van der Waals surface area contributed by atoms with Crippen molar-refractivity contribution < 1.29 is 27.8 Å². The maximum atomic E-state index is 15.3. The van der Waals surface area contributed by atoms with Gasteiger partial charge in [0.2, 0.25) is 17.5 Å². The summed E-state index contributed by atoms with van der Waals surface area (Å²) in [6.07, 6.45) is 4.56. The van der Waals surface area contributed by atoms with Gasteiger partial charge in [0.25, 0.3) is 11.8 Å². The monoisotopic (exact) mass is 578 g/mol. The van der Waals surface area contributed by atoms with Crippen molar-refractivity contribution in [2.24, 2.45) is 0 Å². The number of hydrogen-bond donors (Lipinski definition) is 3. The number of hydrogen-bond acceptors (Lipinski definition) is 9. The van der Waals surface area contributed by atoms with Gasteiger partial charge in [0.05, 0.1) is 38.3 Å². The SMILES string of the molecule is C=CC(=O)Nc1ccc(C2CNCCO2)cc1Nc1cc2c(cn1)CN(c1c(F)c(OC)nc(OC)c1F)CC21CC1. The number of nitrogens with zero attached hydrogens (tertiary/aromatic N) is 3. The molecule has 6 rings (SSSR count). The number of morpholine rings is 1. The van der Waals surface area contributed by atoms with Gasteiger partial charge in [0.1, 0.15) is 11.5 Å². The number of benzene rings is 1. The maximum absolute atomic E-state index is 15.3. The third-order valence-corrected chi connectivity index (χ3v) is 8.01. The molecule has 4 heterocycles. The van der Waals surface area contributed by atoms with Crippen molar-refractivity contribution in [3.8, 4) is 11.8 Å². The van der Waals surface area contributed by atoms with Gasteiger partial charge in [-0.15, -0.1) is 0 Å². The fourth-order valence-corrected chi connectivity index (χ4v) is 5.73. The van der Waals surface area contributed by atoms with Gasteiger partial charge in [-0.25, -0.2) is 4.98 Å². The number of anilines is 4. The highest BCUT2D eigenvalue weighted by Gasteiger charge is 2.50. The summed E-state index contributed by atoms with van der Waals surface area (Å²) in [6, 6.07) is 7.69. The van der Waals surface area contributed by atoms with E-state index < -0.39 is 11.6 Å². The highest BCUT2D eigenvalue weighted by atomic mass is 19.1. The molecule has 2 aromatic heterocycles. The quantitative estimate of drug-likeness (QED) is 0.336. The summed E-state index contributed by atoms with van der Waals surface area (Å²) in [7, 11) is 2.56. The topological polar surface area (TPSA) is 110 Å². The van der Waals surface area contributed by atoms with E-state index in [-0.39, 0.29) is 41.4 Å². The highest BCUT2D eigenvalue weighted by Crippen LogP contribution is 2.54. The first-order valence-electron chi connectivity index (χ1n) is 13.7. The molecule has 1 aliphatic carbocycles. The normalized spacial score (nSPS) is 18.7. The molecule has 10 nitrogen and oxygen atoms in total. The number of nitrogens with one attached hydrogen (secondary N) is 3. The molecule has 0 radical (unpaired) electrons. The molecule has 42 heavy (non-hydrogen) atoms. The lowest BCUT2D eigenvalue weighted by atomic mass is 9.87. The number of ether oxygens (including phenoxy) is 3. The van der Waals surface area contributed by atoms with E-state index in [1.165, 1.54) is 20.3 Å². The number of fused-ring (bicyclic) bond motifs is 2. The van der Waals surface area contributed by atoms with Crippen LogP contribution < -0.4 is 30.3 Å². The van der Waals surface area contributed by atoms with E-state index in [2.05, 4.69) is 32.5 Å². The highest BCUT2D eigenvalue weighted by molar-refractivity contribution is 6.01. The Kier molecular flexibility index (Phi) is 7.42. The van der Waals surface area contributed by atoms with Crippen LogP contribution >= 0.6 is 0 Å². The molecular weight excluding hydrogens is 546 g/mol. The first-order valence-corrected chi connectivity index (χ1v) is 13.7. The molecule has 1 aromatic carbocycles. The van der Waals surface area contributed by atoms with Crippen LogP contribution in [-0.4, -0.2) is 56.3 Å². The number of halogens is 2. The van der Waals surface area contributed by atoms with Crippen LogP contribution in [0.5, 0.6) is 11.8 Å². The standard InChI is InChI=1S/C30H32F2N6O4/c1-4-24(39)36-20-6-5-17(22-14-33-9-10-42-22)11-21(20)35-23-12-19-18(13-34-23)15-38(16-30(19)7-8-30)27-25(31)28(40-2)37-29(41-3)26(27)32/h4-6,11-13,22,33H,1,7-10,14-16H2,2-3H3,(H,34,35)(H,36,39). The zero-order valence-corrected chi connectivity index (χ0v) is 23.4. The van der Waals surface area contributed by atoms with E-state index in [1.807, 2.05) is 24.3 Å². The van der Waals surface area contributed by atoms with Gasteiger partial charge >= 0.3 is 0 Å². The van der Waals surface area contributed by atoms with Crippen LogP contribution in [0.1, 0.15) is 35.6 Å². The van der Waals surface area contributed by atoms with Crippen LogP contribution in [0, 0.1) is 11.6 Å². The van der Waals surface area contributed by atoms with Crippen LogP contribution in [0.15, 0.2) is 43.1 Å². The number of methoxy groups -OCH3 is 2. The zero-order valence-electron chi connectivity index (χ0n) is 23.4. The lowest BCUT2D eigenvalue weighted by molar-refractivity contribution is -0.111. The van der Waals surface area contributed by atoms with Gasteiger partial charge in [0, 0.05) is 37.8 Å². The average Bonchev–Trinajstić information content (AvgIpc) is 3.78. The van der Waals surface area contributed by atoms with Gasteiger partial charge in [0.15, 0.2) is 0 Å². The van der Waals surface area contributed by atoms with Gasteiger partial charge in [-0.05, 0) is 53.8 Å². The van der Waals surface area contributed by atoms with Crippen LogP contribution in [-0.2, 0) is 21.5 Å². The van der Waals surface area contributed by atoms with Crippen molar-refractivity contribution in [3.63, 3.8) is 0 Å². The average molecular weight is 579 g/mol. The number of carbonyl (C=O) groups is 1. The molecule has 1 saturated heterocycles. The summed E-state index contributed by atoms with van der Waals surface area (Å²) in [4.78, 5) is 22.3. The molecule has 1 unspecified atom stereocenters. The second kappa shape index (κ2) is 11.2. The van der Waals surface area contributed by atoms with Crippen molar-refractivity contribution in [3.05, 3.63) is 71.4 Å². The number of amides is 1. The van der Waals surface area contributed by atoms with E-state index in [4.69, 9.17) is 14.2 Å². The second-order valence-corrected chi connectivity index (χ2v) is 10.7. The number of rotatable bonds is 8. The predicted molar refractivity (Wildman–Crippen MR) is 154 cm³/mol. The molecular formula is C30H32F2N6O4. The van der Waals surface area contributed by atoms with E-state index >= 15 is 8.78 Å². The van der Waals surface area contributed by atoms with Crippen LogP contribution in [0.25, 0.3) is 0 Å². The Balaban J connectivity index is 1.32. The van der Waals surface area contributed by atoms with Gasteiger partial charge < -0.3 is 35.1 Å². The lowest BCUT2D eigenvalue weighted by Crippen LogP contribution is -2.39. The zero-order chi connectivity index (χ0) is 29.4. The van der Waals surface area contributed by atoms with Gasteiger partial charge in [-0.1, -0.05) is 12.6 Å². The Morgan fingerprint density at radius 2 is 1.95 bits per heavy atom. The van der Waals surface area contributed by atoms with E-state index in [9.17, 15) is 4.79 Å². The van der Waals surface area contributed by atoms with Crippen molar-refractivity contribution >= 4 is 28.8 Å². The van der Waals surface area contributed by atoms with E-state index in [0.29, 0.717) is 36.9 Å². The molecule has 220 valence electrons. The summed E-state index contributed by atoms with van der Waals surface area (Å²) in [5.74, 6) is -2.13. The molecule has 0 bridgehead atoms. The minimum Gasteiger partial charge on any atom is -0.479 e. The number of carbonyl (C=O) groups excluding carboxylic acids is 1. The van der Waals surface area contributed by atoms with Crippen LogP contribution in [0.4, 0.5) is 31.7 Å². The summed E-state index contributed by atoms with van der Waals surface area (Å²) in [5.41, 5.74) is 3.64. The summed E-state index contributed by atoms with van der Waals surface area (Å²) in [6.45, 7) is 6.31. The Labute approximate surface area is 242 Å². The molecule has 2 aliphatic heterocycles. The van der Waals surface area contributed by atoms with Gasteiger partial charge in [-0.3, -0.25) is 4.79 Å². The first-order chi connectivity index (χ1) is 20.4. The molecule has 3 N–H and O–H groups in total. The van der Waals surface area contributed by atoms with Crippen molar-refractivity contribution in [2.45, 2.75) is 30.9 Å². The van der Waals surface area contributed by atoms with Gasteiger partial charge in [-0.2, -0.15) is 13.8 Å². The largest absolute Gasteiger partial charge is 0.479 e. The first kappa shape index (κ1) is 27.9. The third-order valence-electron chi connectivity index (χ3n) is 8.01. The summed E-state index contributed by atoms with van der Waals surface area (Å²) >= 11 is 0. The number of pyridine rings is 2. The molecule has 3 aliphatic rings. The molecule has 2 fully saturated rings. The fourth-order valence-electron chi connectivity index (χ4n) is 5.73. The molecule has 1 saturated carbocycles. The smallest absolute Gasteiger partial charge is 0.255 e. The number of aromatic nitrogens is 2. The van der Waals surface area contributed by atoms with Crippen molar-refractivity contribution in [2.75, 3.05) is 56.0 Å². The minimum atomic E-state index is -0.868. The van der Waals surface area contributed by atoms with Crippen molar-refractivity contribution in [1.29, 1.82) is 0 Å². The third kappa shape index (κ3) is 5.12. The van der Waals surface area contributed by atoms with Crippen molar-refractivity contribution in [1.82, 2.24) is 15.3 Å². The van der Waals surface area contributed by atoms with E-state index in [1.54, 1.807) is 11.1 Å². The molecule has 12 heteroatoms. The van der Waals surface area contributed by atoms with Crippen LogP contribution in [0.3, 0.4) is 0 Å².